The van der Waals surface area contributed by atoms with E-state index in [4.69, 9.17) is 9.47 Å². The molecule has 0 aromatic heterocycles. The molecule has 0 aliphatic carbocycles. The van der Waals surface area contributed by atoms with Crippen molar-refractivity contribution in [2.75, 3.05) is 39.9 Å². The zero-order valence-corrected chi connectivity index (χ0v) is 15.1. The van der Waals surface area contributed by atoms with Crippen molar-refractivity contribution in [2.45, 2.75) is 12.5 Å². The lowest BCUT2D eigenvalue weighted by Gasteiger charge is -2.40. The molecule has 2 aliphatic rings. The van der Waals surface area contributed by atoms with Crippen LogP contribution < -0.4 is 9.47 Å². The quantitative estimate of drug-likeness (QED) is 0.833. The van der Waals surface area contributed by atoms with Crippen LogP contribution in [0.4, 0.5) is 0 Å². The molecule has 0 saturated carbocycles. The first kappa shape index (κ1) is 16.9. The molecule has 2 aliphatic heterocycles. The van der Waals surface area contributed by atoms with E-state index in [-0.39, 0.29) is 11.9 Å². The van der Waals surface area contributed by atoms with Crippen LogP contribution in [0, 0.1) is 0 Å². The number of carbonyl (C=O) groups excluding carboxylic acids is 1. The third kappa shape index (κ3) is 3.40. The second-order valence-corrected chi connectivity index (χ2v) is 6.90. The third-order valence-corrected chi connectivity index (χ3v) is 5.02. The Bertz CT molecular complexity index is 778. The number of piperazine rings is 1. The van der Waals surface area contributed by atoms with E-state index in [0.717, 1.165) is 25.3 Å². The molecule has 5 nitrogen and oxygen atoms in total. The van der Waals surface area contributed by atoms with Crippen LogP contribution in [-0.4, -0.2) is 55.6 Å². The number of carbonyl (C=O) groups is 1. The highest BCUT2D eigenvalue weighted by Crippen LogP contribution is 2.32. The van der Waals surface area contributed by atoms with Gasteiger partial charge in [0.2, 0.25) is 0 Å². The van der Waals surface area contributed by atoms with Crippen LogP contribution in [-0.2, 0) is 0 Å². The standard InChI is InChI=1S/C21H24N2O3/c1-22-10-11-23(18(15-22)16-6-3-2-4-7-16)21(24)17-8-9-19-20(14-17)26-13-5-12-25-19/h2-4,6-9,14,18H,5,10-13,15H2,1H3. The van der Waals surface area contributed by atoms with Crippen molar-refractivity contribution >= 4 is 5.91 Å². The molecule has 0 spiro atoms. The van der Waals surface area contributed by atoms with E-state index in [1.54, 1.807) is 0 Å². The van der Waals surface area contributed by atoms with Crippen molar-refractivity contribution in [1.29, 1.82) is 0 Å². The van der Waals surface area contributed by atoms with Crippen molar-refractivity contribution in [3.8, 4) is 11.5 Å². The molecule has 1 unspecified atom stereocenters. The minimum Gasteiger partial charge on any atom is -0.490 e. The first-order chi connectivity index (χ1) is 12.7. The normalized spacial score (nSPS) is 20.5. The van der Waals surface area contributed by atoms with Gasteiger partial charge in [0, 0.05) is 31.6 Å². The minimum absolute atomic E-state index is 0.0441. The fraction of sp³-hybridized carbons (Fsp3) is 0.381. The van der Waals surface area contributed by atoms with Gasteiger partial charge < -0.3 is 19.3 Å². The summed E-state index contributed by atoms with van der Waals surface area (Å²) in [5.74, 6) is 1.43. The van der Waals surface area contributed by atoms with Crippen molar-refractivity contribution in [3.05, 3.63) is 59.7 Å². The summed E-state index contributed by atoms with van der Waals surface area (Å²) < 4.78 is 11.4. The first-order valence-corrected chi connectivity index (χ1v) is 9.16. The van der Waals surface area contributed by atoms with E-state index in [9.17, 15) is 4.79 Å². The smallest absolute Gasteiger partial charge is 0.254 e. The number of ether oxygens (including phenoxy) is 2. The van der Waals surface area contributed by atoms with Crippen molar-refractivity contribution in [2.24, 2.45) is 0 Å². The third-order valence-electron chi connectivity index (χ3n) is 5.02. The number of likely N-dealkylation sites (N-methyl/N-ethyl adjacent to an activating group) is 1. The Morgan fingerprint density at radius 2 is 1.77 bits per heavy atom. The molecular formula is C21H24N2O3. The largest absolute Gasteiger partial charge is 0.490 e. The molecule has 5 heteroatoms. The van der Waals surface area contributed by atoms with Crippen molar-refractivity contribution in [3.63, 3.8) is 0 Å². The number of benzene rings is 2. The molecule has 26 heavy (non-hydrogen) atoms. The lowest BCUT2D eigenvalue weighted by atomic mass is 10.0. The maximum absolute atomic E-state index is 13.3. The summed E-state index contributed by atoms with van der Waals surface area (Å²) in [6.07, 6.45) is 0.854. The zero-order valence-electron chi connectivity index (χ0n) is 15.1. The van der Waals surface area contributed by atoms with Crippen molar-refractivity contribution in [1.82, 2.24) is 9.80 Å². The number of hydrogen-bond donors (Lipinski definition) is 0. The second kappa shape index (κ2) is 7.38. The number of rotatable bonds is 2. The Balaban J connectivity index is 1.62. The van der Waals surface area contributed by atoms with Crippen LogP contribution in [0.3, 0.4) is 0 Å². The lowest BCUT2D eigenvalue weighted by molar-refractivity contribution is 0.0497. The molecule has 1 saturated heterocycles. The Hall–Kier alpha value is -2.53. The molecule has 0 bridgehead atoms. The van der Waals surface area contributed by atoms with Crippen LogP contribution in [0.15, 0.2) is 48.5 Å². The summed E-state index contributed by atoms with van der Waals surface area (Å²) in [7, 11) is 2.10. The van der Waals surface area contributed by atoms with Crippen LogP contribution in [0.1, 0.15) is 28.4 Å². The van der Waals surface area contributed by atoms with E-state index in [0.29, 0.717) is 31.1 Å². The number of amides is 1. The van der Waals surface area contributed by atoms with Crippen LogP contribution in [0.5, 0.6) is 11.5 Å². The Morgan fingerprint density at radius 1 is 1.00 bits per heavy atom. The summed E-state index contributed by atoms with van der Waals surface area (Å²) in [5.41, 5.74) is 1.82. The molecule has 0 N–H and O–H groups in total. The SMILES string of the molecule is CN1CCN(C(=O)c2ccc3c(c2)OCCCO3)C(c2ccccc2)C1. The summed E-state index contributed by atoms with van der Waals surface area (Å²) in [5, 5.41) is 0. The molecule has 1 atom stereocenters. The first-order valence-electron chi connectivity index (χ1n) is 9.16. The van der Waals surface area contributed by atoms with E-state index in [2.05, 4.69) is 24.1 Å². The Morgan fingerprint density at radius 3 is 2.58 bits per heavy atom. The number of hydrogen-bond acceptors (Lipinski definition) is 4. The molecule has 1 fully saturated rings. The minimum atomic E-state index is 0.0441. The number of nitrogens with zero attached hydrogens (tertiary/aromatic N) is 2. The highest BCUT2D eigenvalue weighted by Gasteiger charge is 2.31. The lowest BCUT2D eigenvalue weighted by Crippen LogP contribution is -2.49. The Labute approximate surface area is 154 Å². The van der Waals surface area contributed by atoms with Gasteiger partial charge in [-0.15, -0.1) is 0 Å². The molecule has 0 radical (unpaired) electrons. The van der Waals surface area contributed by atoms with Gasteiger partial charge in [0.15, 0.2) is 11.5 Å². The van der Waals surface area contributed by atoms with Crippen molar-refractivity contribution < 1.29 is 14.3 Å². The van der Waals surface area contributed by atoms with E-state index < -0.39 is 0 Å². The Kier molecular flexibility index (Phi) is 4.80. The molecule has 2 aromatic rings. The van der Waals surface area contributed by atoms with E-state index in [1.165, 1.54) is 5.56 Å². The number of fused-ring (bicyclic) bond motifs is 1. The van der Waals surface area contributed by atoms with Gasteiger partial charge in [-0.25, -0.2) is 0 Å². The van der Waals surface area contributed by atoms with Gasteiger partial charge in [-0.1, -0.05) is 30.3 Å². The highest BCUT2D eigenvalue weighted by atomic mass is 16.5. The van der Waals surface area contributed by atoms with Gasteiger partial charge in [0.05, 0.1) is 19.3 Å². The fourth-order valence-corrected chi connectivity index (χ4v) is 3.59. The van der Waals surface area contributed by atoms with E-state index in [1.807, 2.05) is 41.3 Å². The van der Waals surface area contributed by atoms with Gasteiger partial charge in [-0.2, -0.15) is 0 Å². The average molecular weight is 352 g/mol. The summed E-state index contributed by atoms with van der Waals surface area (Å²) in [6.45, 7) is 3.68. The van der Waals surface area contributed by atoms with Gasteiger partial charge in [-0.3, -0.25) is 4.79 Å². The maximum atomic E-state index is 13.3. The second-order valence-electron chi connectivity index (χ2n) is 6.90. The summed E-state index contributed by atoms with van der Waals surface area (Å²) >= 11 is 0. The van der Waals surface area contributed by atoms with Gasteiger partial charge in [0.1, 0.15) is 0 Å². The van der Waals surface area contributed by atoms with Gasteiger partial charge in [0.25, 0.3) is 5.91 Å². The summed E-state index contributed by atoms with van der Waals surface area (Å²) in [6, 6.07) is 15.8. The zero-order chi connectivity index (χ0) is 17.9. The maximum Gasteiger partial charge on any atom is 0.254 e. The molecule has 136 valence electrons. The predicted molar refractivity (Wildman–Crippen MR) is 99.8 cm³/mol. The fourth-order valence-electron chi connectivity index (χ4n) is 3.59. The molecular weight excluding hydrogens is 328 g/mol. The monoisotopic (exact) mass is 352 g/mol. The topological polar surface area (TPSA) is 42.0 Å². The van der Waals surface area contributed by atoms with E-state index >= 15 is 0 Å². The van der Waals surface area contributed by atoms with Gasteiger partial charge >= 0.3 is 0 Å². The highest BCUT2D eigenvalue weighted by molar-refractivity contribution is 5.95. The molecule has 4 rings (SSSR count). The summed E-state index contributed by atoms with van der Waals surface area (Å²) in [4.78, 5) is 17.5. The average Bonchev–Trinajstić information content (AvgIpc) is 2.93. The predicted octanol–water partition coefficient (Wildman–Crippen LogP) is 2.98. The van der Waals surface area contributed by atoms with Crippen LogP contribution >= 0.6 is 0 Å². The van der Waals surface area contributed by atoms with Crippen LogP contribution in [0.2, 0.25) is 0 Å². The van der Waals surface area contributed by atoms with Crippen LogP contribution in [0.25, 0.3) is 0 Å². The molecule has 1 amide bonds. The molecule has 2 aromatic carbocycles. The van der Waals surface area contributed by atoms with Gasteiger partial charge in [-0.05, 0) is 30.8 Å². The molecule has 2 heterocycles.